The van der Waals surface area contributed by atoms with Crippen molar-refractivity contribution in [3.63, 3.8) is 0 Å². The first-order chi connectivity index (χ1) is 7.69. The molecule has 1 aromatic carbocycles. The molecular weight excluding hydrogens is 235 g/mol. The third-order valence-corrected chi connectivity index (χ3v) is 2.13. The van der Waals surface area contributed by atoms with Gasteiger partial charge in [-0.3, -0.25) is 0 Å². The molecule has 1 aromatic heterocycles. The Morgan fingerprint density at radius 1 is 1.50 bits per heavy atom. The van der Waals surface area contributed by atoms with Crippen molar-refractivity contribution in [1.29, 1.82) is 0 Å². The number of hydrogen-bond donors (Lipinski definition) is 1. The highest BCUT2D eigenvalue weighted by Gasteiger charge is 2.08. The van der Waals surface area contributed by atoms with Gasteiger partial charge in [0.15, 0.2) is 5.75 Å². The Labute approximate surface area is 95.8 Å². The lowest BCUT2D eigenvalue weighted by Gasteiger charge is -2.02. The molecule has 0 unspecified atom stereocenters. The maximum absolute atomic E-state index is 12.7. The molecule has 0 fully saturated rings. The van der Waals surface area contributed by atoms with Gasteiger partial charge < -0.3 is 14.9 Å². The molecule has 84 valence electrons. The molecule has 16 heavy (non-hydrogen) atoms. The Bertz CT molecular complexity index is 501. The van der Waals surface area contributed by atoms with Gasteiger partial charge in [0.05, 0.1) is 10.7 Å². The molecule has 0 amide bonds. The van der Waals surface area contributed by atoms with Crippen molar-refractivity contribution < 1.29 is 13.5 Å². The summed E-state index contributed by atoms with van der Waals surface area (Å²) >= 11 is 5.76. The van der Waals surface area contributed by atoms with Gasteiger partial charge in [0.25, 0.3) is 0 Å². The second kappa shape index (κ2) is 4.51. The second-order valence-corrected chi connectivity index (χ2v) is 3.39. The first-order valence-corrected chi connectivity index (χ1v) is 4.84. The van der Waals surface area contributed by atoms with Crippen molar-refractivity contribution in [2.75, 3.05) is 0 Å². The number of nitrogens with two attached hydrogens (primary N) is 1. The van der Waals surface area contributed by atoms with Crippen LogP contribution in [0.5, 0.6) is 11.8 Å². The largest absolute Gasteiger partial charge is 0.417 e. The van der Waals surface area contributed by atoms with E-state index in [1.165, 1.54) is 18.4 Å². The second-order valence-electron chi connectivity index (χ2n) is 2.99. The summed E-state index contributed by atoms with van der Waals surface area (Å²) in [6.45, 7) is 0.254. The number of oxazole rings is 1. The topological polar surface area (TPSA) is 61.3 Å². The van der Waals surface area contributed by atoms with E-state index in [9.17, 15) is 4.39 Å². The fraction of sp³-hybridized carbons (Fsp3) is 0.100. The summed E-state index contributed by atoms with van der Waals surface area (Å²) in [7, 11) is 0. The van der Waals surface area contributed by atoms with E-state index in [0.29, 0.717) is 5.69 Å². The van der Waals surface area contributed by atoms with Crippen LogP contribution in [0.3, 0.4) is 0 Å². The molecular formula is C10H8ClFN2O2. The van der Waals surface area contributed by atoms with Crippen LogP contribution < -0.4 is 10.5 Å². The highest BCUT2D eigenvalue weighted by atomic mass is 35.5. The molecule has 0 atom stereocenters. The zero-order valence-electron chi connectivity index (χ0n) is 8.11. The van der Waals surface area contributed by atoms with Crippen LogP contribution in [0.2, 0.25) is 5.02 Å². The molecule has 0 bridgehead atoms. The van der Waals surface area contributed by atoms with Gasteiger partial charge in [-0.05, 0) is 18.2 Å². The molecule has 0 radical (unpaired) electrons. The molecule has 1 heterocycles. The van der Waals surface area contributed by atoms with E-state index in [1.807, 2.05) is 0 Å². The van der Waals surface area contributed by atoms with E-state index in [1.54, 1.807) is 0 Å². The van der Waals surface area contributed by atoms with Crippen molar-refractivity contribution in [1.82, 2.24) is 4.98 Å². The number of nitrogens with zero attached hydrogens (tertiary/aromatic N) is 1. The number of hydrogen-bond acceptors (Lipinski definition) is 4. The number of halogens is 2. The Morgan fingerprint density at radius 2 is 2.31 bits per heavy atom. The molecule has 2 aromatic rings. The molecule has 0 saturated carbocycles. The van der Waals surface area contributed by atoms with Crippen LogP contribution in [0, 0.1) is 5.82 Å². The van der Waals surface area contributed by atoms with Crippen molar-refractivity contribution in [3.05, 3.63) is 41.0 Å². The molecule has 0 aliphatic carbocycles. The first-order valence-electron chi connectivity index (χ1n) is 4.46. The summed E-state index contributed by atoms with van der Waals surface area (Å²) in [5.41, 5.74) is 5.92. The summed E-state index contributed by atoms with van der Waals surface area (Å²) in [4.78, 5) is 3.92. The molecule has 0 aliphatic rings. The summed E-state index contributed by atoms with van der Waals surface area (Å²) in [6.07, 6.45) is 1.40. The van der Waals surface area contributed by atoms with Crippen LogP contribution in [-0.2, 0) is 6.54 Å². The molecule has 6 heteroatoms. The smallest absolute Gasteiger partial charge is 0.399 e. The van der Waals surface area contributed by atoms with Crippen molar-refractivity contribution >= 4 is 11.6 Å². The van der Waals surface area contributed by atoms with E-state index in [2.05, 4.69) is 4.98 Å². The van der Waals surface area contributed by atoms with E-state index < -0.39 is 5.82 Å². The summed E-state index contributed by atoms with van der Waals surface area (Å²) < 4.78 is 22.9. The van der Waals surface area contributed by atoms with E-state index in [-0.39, 0.29) is 23.4 Å². The van der Waals surface area contributed by atoms with Crippen molar-refractivity contribution in [2.45, 2.75) is 6.54 Å². The quantitative estimate of drug-likeness (QED) is 0.899. The standard InChI is InChI=1S/C10H8ClFN2O2/c11-8-3-6(12)1-2-9(8)16-10-14-7(4-13)5-15-10/h1-3,5H,4,13H2. The van der Waals surface area contributed by atoms with Gasteiger partial charge in [-0.15, -0.1) is 0 Å². The van der Waals surface area contributed by atoms with Gasteiger partial charge in [-0.25, -0.2) is 4.39 Å². The lowest BCUT2D eigenvalue weighted by atomic mass is 10.3. The Morgan fingerprint density at radius 3 is 2.94 bits per heavy atom. The number of benzene rings is 1. The maximum Gasteiger partial charge on any atom is 0.399 e. The highest BCUT2D eigenvalue weighted by molar-refractivity contribution is 6.32. The van der Waals surface area contributed by atoms with E-state index in [0.717, 1.165) is 6.07 Å². The van der Waals surface area contributed by atoms with Crippen LogP contribution in [0.15, 0.2) is 28.9 Å². The predicted octanol–water partition coefficient (Wildman–Crippen LogP) is 2.72. The third-order valence-electron chi connectivity index (χ3n) is 1.83. The molecule has 0 aliphatic heterocycles. The van der Waals surface area contributed by atoms with Crippen molar-refractivity contribution in [3.8, 4) is 11.8 Å². The summed E-state index contributed by atoms with van der Waals surface area (Å²) in [5.74, 6) is -0.166. The zero-order chi connectivity index (χ0) is 11.5. The van der Waals surface area contributed by atoms with Gasteiger partial charge in [-0.2, -0.15) is 4.98 Å². The molecule has 4 nitrogen and oxygen atoms in total. The number of ether oxygens (including phenoxy) is 1. The molecule has 2 rings (SSSR count). The Balaban J connectivity index is 2.20. The van der Waals surface area contributed by atoms with E-state index in [4.69, 9.17) is 26.5 Å². The lowest BCUT2D eigenvalue weighted by Crippen LogP contribution is -1.95. The zero-order valence-corrected chi connectivity index (χ0v) is 8.87. The Kier molecular flexibility index (Phi) is 3.07. The minimum Gasteiger partial charge on any atom is -0.417 e. The molecule has 0 saturated heterocycles. The van der Waals surface area contributed by atoms with Gasteiger partial charge in [-0.1, -0.05) is 11.6 Å². The predicted molar refractivity (Wildman–Crippen MR) is 55.9 cm³/mol. The first kappa shape index (κ1) is 10.9. The monoisotopic (exact) mass is 242 g/mol. The van der Waals surface area contributed by atoms with Crippen molar-refractivity contribution in [2.24, 2.45) is 5.73 Å². The van der Waals surface area contributed by atoms with Gasteiger partial charge in [0.2, 0.25) is 0 Å². The highest BCUT2D eigenvalue weighted by Crippen LogP contribution is 2.29. The fourth-order valence-electron chi connectivity index (χ4n) is 1.08. The summed E-state index contributed by atoms with van der Waals surface area (Å²) in [5, 5.41) is 0.146. The van der Waals surface area contributed by atoms with Gasteiger partial charge in [0, 0.05) is 6.54 Å². The average Bonchev–Trinajstić information content (AvgIpc) is 2.70. The minimum absolute atomic E-state index is 0.0222. The number of aromatic nitrogens is 1. The lowest BCUT2D eigenvalue weighted by molar-refractivity contribution is 0.330. The van der Waals surface area contributed by atoms with Crippen LogP contribution in [0.4, 0.5) is 4.39 Å². The maximum atomic E-state index is 12.7. The van der Waals surface area contributed by atoms with Crippen LogP contribution >= 0.6 is 11.6 Å². The van der Waals surface area contributed by atoms with Crippen LogP contribution in [0.1, 0.15) is 5.69 Å². The Hall–Kier alpha value is -1.59. The molecule has 0 spiro atoms. The normalized spacial score (nSPS) is 10.4. The molecule has 2 N–H and O–H groups in total. The van der Waals surface area contributed by atoms with Gasteiger partial charge >= 0.3 is 6.08 Å². The van der Waals surface area contributed by atoms with E-state index >= 15 is 0 Å². The average molecular weight is 243 g/mol. The minimum atomic E-state index is -0.438. The third kappa shape index (κ3) is 2.32. The van der Waals surface area contributed by atoms with Gasteiger partial charge in [0.1, 0.15) is 12.1 Å². The fourth-order valence-corrected chi connectivity index (χ4v) is 1.29. The number of rotatable bonds is 3. The SMILES string of the molecule is NCc1coc(Oc2ccc(F)cc2Cl)n1. The van der Waals surface area contributed by atoms with Crippen LogP contribution in [-0.4, -0.2) is 4.98 Å². The van der Waals surface area contributed by atoms with Crippen LogP contribution in [0.25, 0.3) is 0 Å². The summed E-state index contributed by atoms with van der Waals surface area (Å²) in [6, 6.07) is 3.77.